The van der Waals surface area contributed by atoms with Crippen LogP contribution in [-0.4, -0.2) is 80.1 Å². The lowest BCUT2D eigenvalue weighted by molar-refractivity contribution is -0.155. The first-order chi connectivity index (χ1) is 17.7. The minimum atomic E-state index is -0.985. The summed E-state index contributed by atoms with van der Waals surface area (Å²) < 4.78 is 18.5. The Kier molecular flexibility index (Phi) is 7.43. The van der Waals surface area contributed by atoms with Gasteiger partial charge in [-0.05, 0) is 12.1 Å². The van der Waals surface area contributed by atoms with Crippen molar-refractivity contribution in [2.75, 3.05) is 19.0 Å². The number of esters is 2. The van der Waals surface area contributed by atoms with E-state index in [0.717, 1.165) is 0 Å². The summed E-state index contributed by atoms with van der Waals surface area (Å²) in [7, 11) is 1.54. The van der Waals surface area contributed by atoms with Crippen molar-refractivity contribution in [1.82, 2.24) is 24.4 Å². The van der Waals surface area contributed by atoms with Crippen LogP contribution in [0.3, 0.4) is 0 Å². The standard InChI is InChI=1S/C24H26N6O7/c1-13(31)29(4)19-17(10-35-14(2)32)37-24(20(19)36-15(3)33)30-12-27-18-21(25-11-26-22(18)30)28-23(34)16-8-6-5-7-9-16/h5-9,11-12,17,19-20,24H,10H2,1-4H3,(H,25,26,28,34)/t17-,19-,20+,24-/m0/s1. The van der Waals surface area contributed by atoms with Crippen LogP contribution in [-0.2, 0) is 28.6 Å². The molecule has 13 heteroatoms. The number of carbonyl (C=O) groups is 4. The highest BCUT2D eigenvalue weighted by Crippen LogP contribution is 2.37. The largest absolute Gasteiger partial charge is 0.463 e. The van der Waals surface area contributed by atoms with Crippen molar-refractivity contribution in [3.05, 3.63) is 48.5 Å². The van der Waals surface area contributed by atoms with Gasteiger partial charge in [-0.2, -0.15) is 0 Å². The molecule has 4 rings (SSSR count). The maximum atomic E-state index is 12.7. The summed E-state index contributed by atoms with van der Waals surface area (Å²) in [5.74, 6) is -1.63. The molecule has 37 heavy (non-hydrogen) atoms. The third kappa shape index (κ3) is 5.40. The molecule has 1 aliphatic heterocycles. The first kappa shape index (κ1) is 25.7. The third-order valence-corrected chi connectivity index (χ3v) is 5.91. The number of likely N-dealkylation sites (N-methyl/N-ethyl adjacent to an activating group) is 1. The molecule has 3 aromatic rings. The second kappa shape index (κ2) is 10.7. The number of aromatic nitrogens is 4. The number of nitrogens with zero attached hydrogens (tertiary/aromatic N) is 5. The molecule has 0 spiro atoms. The van der Waals surface area contributed by atoms with Crippen molar-refractivity contribution >= 4 is 40.7 Å². The Morgan fingerprint density at radius 1 is 1.05 bits per heavy atom. The van der Waals surface area contributed by atoms with Gasteiger partial charge in [-0.25, -0.2) is 15.0 Å². The summed E-state index contributed by atoms with van der Waals surface area (Å²) in [4.78, 5) is 62.6. The van der Waals surface area contributed by atoms with Gasteiger partial charge in [0.2, 0.25) is 5.91 Å². The van der Waals surface area contributed by atoms with Gasteiger partial charge in [0, 0.05) is 33.4 Å². The van der Waals surface area contributed by atoms with Gasteiger partial charge in [0.1, 0.15) is 25.1 Å². The lowest BCUT2D eigenvalue weighted by Gasteiger charge is -2.31. The van der Waals surface area contributed by atoms with E-state index in [1.54, 1.807) is 37.4 Å². The number of carbonyl (C=O) groups excluding carboxylic acids is 4. The van der Waals surface area contributed by atoms with Gasteiger partial charge in [-0.3, -0.25) is 23.7 Å². The van der Waals surface area contributed by atoms with Crippen LogP contribution in [0.15, 0.2) is 43.0 Å². The van der Waals surface area contributed by atoms with Crippen LogP contribution in [0.25, 0.3) is 11.2 Å². The highest BCUT2D eigenvalue weighted by molar-refractivity contribution is 6.06. The number of benzene rings is 1. The molecule has 1 saturated heterocycles. The number of anilines is 1. The minimum absolute atomic E-state index is 0.175. The zero-order valence-electron chi connectivity index (χ0n) is 20.7. The molecule has 1 N–H and O–H groups in total. The summed E-state index contributed by atoms with van der Waals surface area (Å²) in [6.07, 6.45) is -0.108. The van der Waals surface area contributed by atoms with E-state index >= 15 is 0 Å². The van der Waals surface area contributed by atoms with Crippen molar-refractivity contribution in [2.24, 2.45) is 0 Å². The van der Waals surface area contributed by atoms with Gasteiger partial charge in [0.25, 0.3) is 5.91 Å². The predicted octanol–water partition coefficient (Wildman–Crippen LogP) is 1.32. The second-order valence-corrected chi connectivity index (χ2v) is 8.43. The number of hydrogen-bond donors (Lipinski definition) is 1. The minimum Gasteiger partial charge on any atom is -0.463 e. The van der Waals surface area contributed by atoms with Crippen LogP contribution in [0.5, 0.6) is 0 Å². The van der Waals surface area contributed by atoms with Gasteiger partial charge in [-0.15, -0.1) is 0 Å². The van der Waals surface area contributed by atoms with Gasteiger partial charge in [0.05, 0.1) is 6.33 Å². The maximum absolute atomic E-state index is 12.7. The van der Waals surface area contributed by atoms with Crippen molar-refractivity contribution in [3.63, 3.8) is 0 Å². The van der Waals surface area contributed by atoms with Crippen molar-refractivity contribution < 1.29 is 33.4 Å². The van der Waals surface area contributed by atoms with Crippen LogP contribution >= 0.6 is 0 Å². The molecule has 194 valence electrons. The molecule has 0 bridgehead atoms. The molecule has 1 fully saturated rings. The number of hydrogen-bond acceptors (Lipinski definition) is 10. The number of rotatable bonds is 7. The molecule has 0 unspecified atom stereocenters. The Labute approximate surface area is 211 Å². The fraction of sp³-hybridized carbons (Fsp3) is 0.375. The molecule has 0 radical (unpaired) electrons. The van der Waals surface area contributed by atoms with Crippen molar-refractivity contribution in [1.29, 1.82) is 0 Å². The Morgan fingerprint density at radius 2 is 1.78 bits per heavy atom. The predicted molar refractivity (Wildman–Crippen MR) is 128 cm³/mol. The molecule has 2 amide bonds. The second-order valence-electron chi connectivity index (χ2n) is 8.43. The number of imidazole rings is 1. The van der Waals surface area contributed by atoms with E-state index in [9.17, 15) is 19.2 Å². The van der Waals surface area contributed by atoms with E-state index in [4.69, 9.17) is 14.2 Å². The maximum Gasteiger partial charge on any atom is 0.303 e. The van der Waals surface area contributed by atoms with Gasteiger partial charge in [-0.1, -0.05) is 18.2 Å². The zero-order valence-corrected chi connectivity index (χ0v) is 20.7. The molecule has 0 saturated carbocycles. The molecule has 1 aromatic carbocycles. The monoisotopic (exact) mass is 510 g/mol. The van der Waals surface area contributed by atoms with E-state index in [1.165, 1.54) is 42.9 Å². The van der Waals surface area contributed by atoms with Crippen molar-refractivity contribution in [3.8, 4) is 0 Å². The van der Waals surface area contributed by atoms with E-state index in [2.05, 4.69) is 20.3 Å². The average Bonchev–Trinajstić information content (AvgIpc) is 3.44. The van der Waals surface area contributed by atoms with Gasteiger partial charge < -0.3 is 24.4 Å². The third-order valence-electron chi connectivity index (χ3n) is 5.91. The van der Waals surface area contributed by atoms with Crippen LogP contribution < -0.4 is 5.32 Å². The first-order valence-corrected chi connectivity index (χ1v) is 11.4. The Morgan fingerprint density at radius 3 is 2.43 bits per heavy atom. The SMILES string of the molecule is CC(=O)OC[C@@H]1O[C@H](n2cnc3c(NC(=O)c4ccccc4)ncnc32)[C@H](OC(C)=O)[C@H]1N(C)C(C)=O. The molecule has 0 aliphatic carbocycles. The Bertz CT molecular complexity index is 1330. The summed E-state index contributed by atoms with van der Waals surface area (Å²) in [6, 6.07) is 7.84. The number of ether oxygens (including phenoxy) is 3. The molecule has 3 heterocycles. The Hall–Kier alpha value is -4.39. The average molecular weight is 511 g/mol. The fourth-order valence-electron chi connectivity index (χ4n) is 4.18. The summed E-state index contributed by atoms with van der Waals surface area (Å²) in [6.45, 7) is 3.69. The number of fused-ring (bicyclic) bond motifs is 1. The fourth-order valence-corrected chi connectivity index (χ4v) is 4.18. The van der Waals surface area contributed by atoms with E-state index in [0.29, 0.717) is 5.56 Å². The van der Waals surface area contributed by atoms with Crippen molar-refractivity contribution in [2.45, 2.75) is 45.2 Å². The van der Waals surface area contributed by atoms with Crippen LogP contribution in [0.4, 0.5) is 5.82 Å². The topological polar surface area (TPSA) is 155 Å². The molecule has 2 aromatic heterocycles. The lowest BCUT2D eigenvalue weighted by Crippen LogP contribution is -2.50. The quantitative estimate of drug-likeness (QED) is 0.460. The van der Waals surface area contributed by atoms with E-state index < -0.39 is 36.4 Å². The number of nitrogens with one attached hydrogen (secondary N) is 1. The molecular formula is C24H26N6O7. The van der Waals surface area contributed by atoms with Crippen LogP contribution in [0.1, 0.15) is 37.4 Å². The zero-order chi connectivity index (χ0) is 26.7. The number of amides is 2. The lowest BCUT2D eigenvalue weighted by atomic mass is 10.1. The normalized spacial score (nSPS) is 20.9. The highest BCUT2D eigenvalue weighted by Gasteiger charge is 2.51. The Balaban J connectivity index is 1.71. The smallest absolute Gasteiger partial charge is 0.303 e. The van der Waals surface area contributed by atoms with Crippen LogP contribution in [0.2, 0.25) is 0 Å². The van der Waals surface area contributed by atoms with E-state index in [-0.39, 0.29) is 35.4 Å². The molecule has 4 atom stereocenters. The molecular weight excluding hydrogens is 484 g/mol. The van der Waals surface area contributed by atoms with Gasteiger partial charge in [0.15, 0.2) is 29.3 Å². The summed E-state index contributed by atoms with van der Waals surface area (Å²) >= 11 is 0. The van der Waals surface area contributed by atoms with Crippen LogP contribution in [0, 0.1) is 0 Å². The molecule has 1 aliphatic rings. The highest BCUT2D eigenvalue weighted by atomic mass is 16.6. The summed E-state index contributed by atoms with van der Waals surface area (Å²) in [5.41, 5.74) is 1.00. The van der Waals surface area contributed by atoms with E-state index in [1.807, 2.05) is 0 Å². The molecule has 13 nitrogen and oxygen atoms in total. The first-order valence-electron chi connectivity index (χ1n) is 11.4. The summed E-state index contributed by atoms with van der Waals surface area (Å²) in [5, 5.41) is 2.73. The van der Waals surface area contributed by atoms with Gasteiger partial charge >= 0.3 is 11.9 Å².